The molecule has 0 aromatic heterocycles. The van der Waals surface area contributed by atoms with Gasteiger partial charge in [-0.2, -0.15) is 0 Å². The van der Waals surface area contributed by atoms with Crippen molar-refractivity contribution in [2.75, 3.05) is 18.1 Å². The molecule has 0 amide bonds. The first kappa shape index (κ1) is 25.4. The summed E-state index contributed by atoms with van der Waals surface area (Å²) in [6, 6.07) is 24.8. The van der Waals surface area contributed by atoms with Crippen LogP contribution >= 0.6 is 0 Å². The van der Waals surface area contributed by atoms with Gasteiger partial charge in [-0.25, -0.2) is 4.79 Å². The molecule has 0 radical (unpaired) electrons. The van der Waals surface area contributed by atoms with E-state index in [2.05, 4.69) is 48.2 Å². The van der Waals surface area contributed by atoms with Crippen molar-refractivity contribution in [3.05, 3.63) is 83.9 Å². The van der Waals surface area contributed by atoms with Crippen molar-refractivity contribution < 1.29 is 14.3 Å². The smallest absolute Gasteiger partial charge is 0.344 e. The third kappa shape index (κ3) is 7.38. The summed E-state index contributed by atoms with van der Waals surface area (Å²) in [5.74, 6) is 0.424. The minimum atomic E-state index is -0.313. The number of anilines is 3. The summed E-state index contributed by atoms with van der Waals surface area (Å²) in [5, 5.41) is 0. The van der Waals surface area contributed by atoms with E-state index in [4.69, 9.17) is 9.47 Å². The van der Waals surface area contributed by atoms with E-state index < -0.39 is 0 Å². The molecule has 0 aliphatic heterocycles. The van der Waals surface area contributed by atoms with Gasteiger partial charge in [-0.15, -0.1) is 0 Å². The molecule has 0 aliphatic rings. The molecule has 180 valence electrons. The maximum absolute atomic E-state index is 12.2. The highest BCUT2D eigenvalue weighted by Crippen LogP contribution is 2.37. The average Bonchev–Trinajstić information content (AvgIpc) is 2.84. The summed E-state index contributed by atoms with van der Waals surface area (Å²) >= 11 is 0. The minimum absolute atomic E-state index is 0.0715. The molecule has 3 rings (SSSR count). The monoisotopic (exact) mass is 459 g/mol. The number of carbonyl (C=O) groups excluding carboxylic acids is 1. The molecular formula is C30H37NO3. The van der Waals surface area contributed by atoms with Crippen molar-refractivity contribution in [3.63, 3.8) is 0 Å². The highest BCUT2D eigenvalue weighted by atomic mass is 16.6. The lowest BCUT2D eigenvalue weighted by molar-refractivity contribution is -0.146. The van der Waals surface area contributed by atoms with Crippen molar-refractivity contribution in [3.8, 4) is 5.75 Å². The van der Waals surface area contributed by atoms with E-state index in [0.717, 1.165) is 46.8 Å². The number of carbonyl (C=O) groups is 1. The van der Waals surface area contributed by atoms with E-state index in [1.807, 2.05) is 50.2 Å². The molecule has 0 atom stereocenters. The Bertz CT molecular complexity index is 955. The van der Waals surface area contributed by atoms with Crippen LogP contribution in [0.1, 0.15) is 56.6 Å². The Morgan fingerprint density at radius 3 is 1.82 bits per heavy atom. The van der Waals surface area contributed by atoms with Gasteiger partial charge in [0.15, 0.2) is 6.61 Å². The molecule has 0 bridgehead atoms. The second-order valence-corrected chi connectivity index (χ2v) is 8.69. The third-order valence-corrected chi connectivity index (χ3v) is 5.83. The van der Waals surface area contributed by atoms with Gasteiger partial charge in [-0.3, -0.25) is 0 Å². The third-order valence-electron chi connectivity index (χ3n) is 5.83. The normalized spacial score (nSPS) is 10.7. The van der Waals surface area contributed by atoms with Gasteiger partial charge >= 0.3 is 5.97 Å². The largest absolute Gasteiger partial charge is 0.481 e. The maximum Gasteiger partial charge on any atom is 0.344 e. The van der Waals surface area contributed by atoms with Crippen LogP contribution in [0.25, 0.3) is 0 Å². The average molecular weight is 460 g/mol. The second-order valence-electron chi connectivity index (χ2n) is 8.69. The van der Waals surface area contributed by atoms with E-state index in [-0.39, 0.29) is 12.6 Å². The molecule has 0 N–H and O–H groups in total. The molecule has 0 fully saturated rings. The van der Waals surface area contributed by atoms with Crippen molar-refractivity contribution in [1.82, 2.24) is 0 Å². The zero-order valence-corrected chi connectivity index (χ0v) is 20.8. The number of rotatable bonds is 13. The maximum atomic E-state index is 12.2. The van der Waals surface area contributed by atoms with E-state index in [1.165, 1.54) is 25.7 Å². The van der Waals surface area contributed by atoms with E-state index in [0.29, 0.717) is 6.61 Å². The molecule has 3 aromatic rings. The van der Waals surface area contributed by atoms with Crippen LogP contribution in [-0.2, 0) is 9.53 Å². The van der Waals surface area contributed by atoms with Crippen LogP contribution in [0.15, 0.2) is 72.8 Å². The Balaban J connectivity index is 1.64. The molecule has 0 spiro atoms. The van der Waals surface area contributed by atoms with Gasteiger partial charge in [0.05, 0.1) is 6.61 Å². The number of nitrogens with zero attached hydrogens (tertiary/aromatic N) is 1. The summed E-state index contributed by atoms with van der Waals surface area (Å²) in [6.45, 7) is 6.64. The zero-order chi connectivity index (χ0) is 24.2. The van der Waals surface area contributed by atoms with E-state index >= 15 is 0 Å². The predicted molar refractivity (Wildman–Crippen MR) is 140 cm³/mol. The first-order chi connectivity index (χ1) is 16.6. The summed E-state index contributed by atoms with van der Waals surface area (Å²) < 4.78 is 11.2. The number of ether oxygens (including phenoxy) is 2. The number of hydrogen-bond donors (Lipinski definition) is 0. The number of hydrogen-bond acceptors (Lipinski definition) is 4. The SMILES string of the molecule is CCCCCCCCOC(=O)COc1c(C)cc(N(c2ccccc2)c2ccccc2)cc1C. The van der Waals surface area contributed by atoms with Gasteiger partial charge in [0.1, 0.15) is 5.75 Å². The molecule has 0 saturated carbocycles. The molecular weight excluding hydrogens is 422 g/mol. The fraction of sp³-hybridized carbons (Fsp3) is 0.367. The van der Waals surface area contributed by atoms with Crippen LogP contribution in [0.5, 0.6) is 5.75 Å². The number of para-hydroxylation sites is 2. The Labute approximate surface area is 204 Å². The molecule has 0 heterocycles. The number of esters is 1. The summed E-state index contributed by atoms with van der Waals surface area (Å²) in [6.07, 6.45) is 7.00. The highest BCUT2D eigenvalue weighted by molar-refractivity contribution is 5.78. The lowest BCUT2D eigenvalue weighted by Gasteiger charge is -2.27. The van der Waals surface area contributed by atoms with Gasteiger partial charge in [-0.1, -0.05) is 75.4 Å². The first-order valence-electron chi connectivity index (χ1n) is 12.4. The Morgan fingerprint density at radius 1 is 0.735 bits per heavy atom. The second kappa shape index (κ2) is 13.4. The Kier molecular flexibility index (Phi) is 10.0. The van der Waals surface area contributed by atoms with Gasteiger partial charge in [-0.05, 0) is 67.8 Å². The molecule has 4 heteroatoms. The van der Waals surface area contributed by atoms with E-state index in [1.54, 1.807) is 0 Å². The Hall–Kier alpha value is -3.27. The fourth-order valence-electron chi connectivity index (χ4n) is 4.13. The van der Waals surface area contributed by atoms with Gasteiger partial charge in [0.25, 0.3) is 0 Å². The highest BCUT2D eigenvalue weighted by Gasteiger charge is 2.16. The number of aryl methyl sites for hydroxylation is 2. The van der Waals surface area contributed by atoms with Crippen LogP contribution in [-0.4, -0.2) is 19.2 Å². The van der Waals surface area contributed by atoms with Crippen LogP contribution in [0.3, 0.4) is 0 Å². The number of benzene rings is 3. The first-order valence-corrected chi connectivity index (χ1v) is 12.4. The van der Waals surface area contributed by atoms with Crippen molar-refractivity contribution >= 4 is 23.0 Å². The topological polar surface area (TPSA) is 38.8 Å². The van der Waals surface area contributed by atoms with Gasteiger partial charge in [0.2, 0.25) is 0 Å². The van der Waals surface area contributed by atoms with Crippen molar-refractivity contribution in [2.45, 2.75) is 59.3 Å². The molecule has 34 heavy (non-hydrogen) atoms. The van der Waals surface area contributed by atoms with Crippen LogP contribution in [0.2, 0.25) is 0 Å². The molecule has 3 aromatic carbocycles. The fourth-order valence-corrected chi connectivity index (χ4v) is 4.13. The van der Waals surface area contributed by atoms with Gasteiger partial charge < -0.3 is 14.4 Å². The minimum Gasteiger partial charge on any atom is -0.481 e. The summed E-state index contributed by atoms with van der Waals surface area (Å²) in [7, 11) is 0. The zero-order valence-electron chi connectivity index (χ0n) is 20.8. The quantitative estimate of drug-likeness (QED) is 0.191. The lowest BCUT2D eigenvalue weighted by atomic mass is 10.1. The van der Waals surface area contributed by atoms with E-state index in [9.17, 15) is 4.79 Å². The van der Waals surface area contributed by atoms with Crippen LogP contribution in [0.4, 0.5) is 17.1 Å². The summed E-state index contributed by atoms with van der Waals surface area (Å²) in [4.78, 5) is 14.4. The molecule has 0 saturated heterocycles. The molecule has 4 nitrogen and oxygen atoms in total. The molecule has 0 unspecified atom stereocenters. The van der Waals surface area contributed by atoms with Crippen LogP contribution < -0.4 is 9.64 Å². The number of unbranched alkanes of at least 4 members (excludes halogenated alkanes) is 5. The lowest BCUT2D eigenvalue weighted by Crippen LogP contribution is -2.17. The predicted octanol–water partition coefficient (Wildman–Crippen LogP) is 8.06. The van der Waals surface area contributed by atoms with Crippen molar-refractivity contribution in [1.29, 1.82) is 0 Å². The van der Waals surface area contributed by atoms with Gasteiger partial charge in [0, 0.05) is 17.1 Å². The standard InChI is InChI=1S/C30H37NO3/c1-4-5-6-7-8-15-20-33-29(32)23-34-30-24(2)21-28(22-25(30)3)31(26-16-11-9-12-17-26)27-18-13-10-14-19-27/h9-14,16-19,21-22H,4-8,15,20,23H2,1-3H3. The summed E-state index contributed by atoms with van der Waals surface area (Å²) in [5.41, 5.74) is 5.18. The van der Waals surface area contributed by atoms with Crippen molar-refractivity contribution in [2.24, 2.45) is 0 Å². The molecule has 0 aliphatic carbocycles. The Morgan fingerprint density at radius 2 is 1.26 bits per heavy atom. The van der Waals surface area contributed by atoms with Crippen LogP contribution in [0, 0.1) is 13.8 Å².